The van der Waals surface area contributed by atoms with E-state index in [-0.39, 0.29) is 0 Å². The Morgan fingerprint density at radius 2 is 1.89 bits per heavy atom. The molecule has 0 amide bonds. The summed E-state index contributed by atoms with van der Waals surface area (Å²) in [4.78, 5) is 1.29. The lowest BCUT2D eigenvalue weighted by Gasteiger charge is -2.05. The standard InChI is InChI=1S/C16H20N2S/c1-12-10-15(7-8-16(12)18)19-9-3-5-13-4-2-6-14(17)11-13/h2,4,6-8,10-11H,3,5,9,17-18H2,1H3. The van der Waals surface area contributed by atoms with Gasteiger partial charge in [-0.1, -0.05) is 12.1 Å². The van der Waals surface area contributed by atoms with Crippen molar-refractivity contribution in [3.63, 3.8) is 0 Å². The van der Waals surface area contributed by atoms with Gasteiger partial charge in [0, 0.05) is 16.3 Å². The Morgan fingerprint density at radius 3 is 2.63 bits per heavy atom. The van der Waals surface area contributed by atoms with Crippen LogP contribution in [0.3, 0.4) is 0 Å². The van der Waals surface area contributed by atoms with E-state index in [0.29, 0.717) is 0 Å². The van der Waals surface area contributed by atoms with Crippen molar-refractivity contribution in [1.82, 2.24) is 0 Å². The maximum atomic E-state index is 5.81. The van der Waals surface area contributed by atoms with Crippen molar-refractivity contribution in [2.75, 3.05) is 17.2 Å². The molecule has 0 saturated carbocycles. The van der Waals surface area contributed by atoms with E-state index >= 15 is 0 Å². The van der Waals surface area contributed by atoms with Crippen LogP contribution in [0.5, 0.6) is 0 Å². The van der Waals surface area contributed by atoms with E-state index in [1.165, 1.54) is 10.5 Å². The number of thioether (sulfide) groups is 1. The summed E-state index contributed by atoms with van der Waals surface area (Å²) >= 11 is 1.88. The molecular weight excluding hydrogens is 252 g/mol. The zero-order chi connectivity index (χ0) is 13.7. The molecule has 2 aromatic carbocycles. The third kappa shape index (κ3) is 4.21. The number of nitrogens with two attached hydrogens (primary N) is 2. The third-order valence-electron chi connectivity index (χ3n) is 3.07. The molecule has 100 valence electrons. The lowest BCUT2D eigenvalue weighted by molar-refractivity contribution is 0.933. The smallest absolute Gasteiger partial charge is 0.0344 e. The molecule has 0 atom stereocenters. The van der Waals surface area contributed by atoms with Gasteiger partial charge in [0.05, 0.1) is 0 Å². The maximum Gasteiger partial charge on any atom is 0.0344 e. The number of aryl methyl sites for hydroxylation is 2. The summed E-state index contributed by atoms with van der Waals surface area (Å²) in [6.07, 6.45) is 2.23. The van der Waals surface area contributed by atoms with Crippen LogP contribution in [0.15, 0.2) is 47.4 Å². The first-order valence-corrected chi connectivity index (χ1v) is 7.47. The van der Waals surface area contributed by atoms with Gasteiger partial charge in [-0.15, -0.1) is 11.8 Å². The highest BCUT2D eigenvalue weighted by Gasteiger charge is 1.99. The Hall–Kier alpha value is -1.61. The summed E-state index contributed by atoms with van der Waals surface area (Å²) in [6.45, 7) is 2.05. The summed E-state index contributed by atoms with van der Waals surface area (Å²) in [7, 11) is 0. The van der Waals surface area contributed by atoms with Crippen molar-refractivity contribution in [3.05, 3.63) is 53.6 Å². The molecule has 0 aliphatic heterocycles. The van der Waals surface area contributed by atoms with Crippen LogP contribution in [-0.4, -0.2) is 5.75 Å². The van der Waals surface area contributed by atoms with Crippen LogP contribution in [0.1, 0.15) is 17.5 Å². The molecule has 0 saturated heterocycles. The molecule has 0 bridgehead atoms. The monoisotopic (exact) mass is 272 g/mol. The van der Waals surface area contributed by atoms with Crippen LogP contribution in [0, 0.1) is 6.92 Å². The average molecular weight is 272 g/mol. The van der Waals surface area contributed by atoms with Gasteiger partial charge in [0.25, 0.3) is 0 Å². The van der Waals surface area contributed by atoms with Gasteiger partial charge in [-0.25, -0.2) is 0 Å². The van der Waals surface area contributed by atoms with E-state index in [1.54, 1.807) is 0 Å². The normalized spacial score (nSPS) is 10.6. The van der Waals surface area contributed by atoms with Crippen LogP contribution in [0.2, 0.25) is 0 Å². The van der Waals surface area contributed by atoms with Gasteiger partial charge in [-0.3, -0.25) is 0 Å². The molecule has 4 N–H and O–H groups in total. The Bertz CT molecular complexity index is 552. The Kier molecular flexibility index (Phi) is 4.74. The van der Waals surface area contributed by atoms with Gasteiger partial charge < -0.3 is 11.5 Å². The highest BCUT2D eigenvalue weighted by molar-refractivity contribution is 7.99. The highest BCUT2D eigenvalue weighted by atomic mass is 32.2. The topological polar surface area (TPSA) is 52.0 Å². The Balaban J connectivity index is 1.79. The zero-order valence-electron chi connectivity index (χ0n) is 11.2. The fourth-order valence-corrected chi connectivity index (χ4v) is 2.90. The third-order valence-corrected chi connectivity index (χ3v) is 4.15. The van der Waals surface area contributed by atoms with Crippen LogP contribution in [0.4, 0.5) is 11.4 Å². The predicted octanol–water partition coefficient (Wildman–Crippen LogP) is 3.88. The van der Waals surface area contributed by atoms with Crippen molar-refractivity contribution < 1.29 is 0 Å². The van der Waals surface area contributed by atoms with Gasteiger partial charge in [0.1, 0.15) is 0 Å². The number of hydrogen-bond donors (Lipinski definition) is 2. The predicted molar refractivity (Wildman–Crippen MR) is 85.5 cm³/mol. The minimum atomic E-state index is 0.847. The van der Waals surface area contributed by atoms with Crippen molar-refractivity contribution in [3.8, 4) is 0 Å². The number of benzene rings is 2. The van der Waals surface area contributed by atoms with E-state index in [2.05, 4.69) is 24.3 Å². The van der Waals surface area contributed by atoms with Crippen LogP contribution in [0.25, 0.3) is 0 Å². The first-order valence-electron chi connectivity index (χ1n) is 6.48. The van der Waals surface area contributed by atoms with E-state index in [4.69, 9.17) is 11.5 Å². The minimum absolute atomic E-state index is 0.847. The molecule has 0 radical (unpaired) electrons. The van der Waals surface area contributed by atoms with Gasteiger partial charge in [0.2, 0.25) is 0 Å². The summed E-state index contributed by atoms with van der Waals surface area (Å²) in [5, 5.41) is 0. The second-order valence-electron chi connectivity index (χ2n) is 4.72. The second-order valence-corrected chi connectivity index (χ2v) is 5.88. The average Bonchev–Trinajstić information content (AvgIpc) is 2.39. The van der Waals surface area contributed by atoms with Crippen molar-refractivity contribution >= 4 is 23.1 Å². The maximum absolute atomic E-state index is 5.81. The van der Waals surface area contributed by atoms with Crippen molar-refractivity contribution in [2.45, 2.75) is 24.7 Å². The molecule has 2 aromatic rings. The van der Waals surface area contributed by atoms with Crippen molar-refractivity contribution in [2.24, 2.45) is 0 Å². The molecular formula is C16H20N2S. The summed E-state index contributed by atoms with van der Waals surface area (Å²) < 4.78 is 0. The summed E-state index contributed by atoms with van der Waals surface area (Å²) in [5.41, 5.74) is 15.8. The highest BCUT2D eigenvalue weighted by Crippen LogP contribution is 2.23. The number of hydrogen-bond acceptors (Lipinski definition) is 3. The van der Waals surface area contributed by atoms with Crippen LogP contribution in [-0.2, 0) is 6.42 Å². The lowest BCUT2D eigenvalue weighted by atomic mass is 10.1. The molecule has 19 heavy (non-hydrogen) atoms. The molecule has 0 aromatic heterocycles. The fraction of sp³-hybridized carbons (Fsp3) is 0.250. The fourth-order valence-electron chi connectivity index (χ4n) is 1.95. The molecule has 0 unspecified atom stereocenters. The Labute approximate surface area is 119 Å². The van der Waals surface area contributed by atoms with Crippen LogP contribution >= 0.6 is 11.8 Å². The number of rotatable bonds is 5. The largest absolute Gasteiger partial charge is 0.399 e. The number of nitrogen functional groups attached to an aromatic ring is 2. The van der Waals surface area contributed by atoms with Gasteiger partial charge in [-0.05, 0) is 67.0 Å². The Morgan fingerprint density at radius 1 is 1.05 bits per heavy atom. The molecule has 0 fully saturated rings. The first-order chi connectivity index (χ1) is 9.15. The van der Waals surface area contributed by atoms with Gasteiger partial charge in [-0.2, -0.15) is 0 Å². The van der Waals surface area contributed by atoms with E-state index < -0.39 is 0 Å². The molecule has 3 heteroatoms. The molecule has 0 heterocycles. The molecule has 2 nitrogen and oxygen atoms in total. The van der Waals surface area contributed by atoms with Crippen LogP contribution < -0.4 is 11.5 Å². The second kappa shape index (κ2) is 6.53. The van der Waals surface area contributed by atoms with Crippen molar-refractivity contribution in [1.29, 1.82) is 0 Å². The van der Waals surface area contributed by atoms with E-state index in [0.717, 1.165) is 35.5 Å². The van der Waals surface area contributed by atoms with Gasteiger partial charge in [0.15, 0.2) is 0 Å². The summed E-state index contributed by atoms with van der Waals surface area (Å²) in [6, 6.07) is 14.4. The first kappa shape index (κ1) is 13.8. The molecule has 0 aliphatic rings. The molecule has 2 rings (SSSR count). The van der Waals surface area contributed by atoms with Gasteiger partial charge >= 0.3 is 0 Å². The molecule has 0 spiro atoms. The quantitative estimate of drug-likeness (QED) is 0.493. The number of anilines is 2. The molecule has 0 aliphatic carbocycles. The SMILES string of the molecule is Cc1cc(SCCCc2cccc(N)c2)ccc1N. The zero-order valence-corrected chi connectivity index (χ0v) is 12.0. The van der Waals surface area contributed by atoms with E-state index in [1.807, 2.05) is 36.9 Å². The minimum Gasteiger partial charge on any atom is -0.399 e. The summed E-state index contributed by atoms with van der Waals surface area (Å²) in [5.74, 6) is 1.11. The van der Waals surface area contributed by atoms with E-state index in [9.17, 15) is 0 Å². The lowest BCUT2D eigenvalue weighted by Crippen LogP contribution is -1.91.